The average molecular weight is 228 g/mol. The molecule has 0 amide bonds. The van der Waals surface area contributed by atoms with Crippen LogP contribution < -0.4 is 11.1 Å². The molecule has 2 aromatic rings. The lowest BCUT2D eigenvalue weighted by Crippen LogP contribution is -2.15. The van der Waals surface area contributed by atoms with Gasteiger partial charge in [0.05, 0.1) is 0 Å². The quantitative estimate of drug-likeness (QED) is 0.746. The van der Waals surface area contributed by atoms with E-state index in [0.717, 1.165) is 32.5 Å². The second-order valence-corrected chi connectivity index (χ2v) is 4.35. The molecule has 0 saturated heterocycles. The van der Waals surface area contributed by atoms with Crippen LogP contribution >= 0.6 is 0 Å². The molecule has 2 nitrogen and oxygen atoms in total. The van der Waals surface area contributed by atoms with Gasteiger partial charge in [-0.1, -0.05) is 36.4 Å². The molecule has 0 spiro atoms. The van der Waals surface area contributed by atoms with Crippen LogP contribution in [0.5, 0.6) is 0 Å². The lowest BCUT2D eigenvalue weighted by Gasteiger charge is -2.06. The maximum Gasteiger partial charge on any atom is 0.0205 e. The number of unbranched alkanes of at least 4 members (excludes halogenated alkanes) is 1. The second kappa shape index (κ2) is 6.38. The minimum absolute atomic E-state index is 0.789. The summed E-state index contributed by atoms with van der Waals surface area (Å²) in [7, 11) is 0. The van der Waals surface area contributed by atoms with Gasteiger partial charge in [0.25, 0.3) is 0 Å². The van der Waals surface area contributed by atoms with E-state index in [1.54, 1.807) is 0 Å². The maximum absolute atomic E-state index is 5.46. The molecule has 2 rings (SSSR count). The first-order valence-corrected chi connectivity index (χ1v) is 6.28. The highest BCUT2D eigenvalue weighted by atomic mass is 14.8. The highest BCUT2D eigenvalue weighted by Gasteiger charge is 1.95. The van der Waals surface area contributed by atoms with Crippen molar-refractivity contribution in [3.8, 4) is 0 Å². The molecule has 0 aliphatic heterocycles. The van der Waals surface area contributed by atoms with Crippen molar-refractivity contribution in [2.75, 3.05) is 13.1 Å². The Morgan fingerprint density at radius 3 is 2.59 bits per heavy atom. The summed E-state index contributed by atoms with van der Waals surface area (Å²) in [5.74, 6) is 0. The van der Waals surface area contributed by atoms with Crippen molar-refractivity contribution in [2.45, 2.75) is 19.4 Å². The van der Waals surface area contributed by atoms with E-state index in [-0.39, 0.29) is 0 Å². The second-order valence-electron chi connectivity index (χ2n) is 4.35. The van der Waals surface area contributed by atoms with Gasteiger partial charge in [0, 0.05) is 6.54 Å². The fourth-order valence-corrected chi connectivity index (χ4v) is 1.98. The van der Waals surface area contributed by atoms with Crippen LogP contribution in [0.15, 0.2) is 42.5 Å². The van der Waals surface area contributed by atoms with Crippen LogP contribution in [0.2, 0.25) is 0 Å². The average Bonchev–Trinajstić information content (AvgIpc) is 2.38. The third-order valence-electron chi connectivity index (χ3n) is 2.95. The van der Waals surface area contributed by atoms with Gasteiger partial charge < -0.3 is 11.1 Å². The first-order chi connectivity index (χ1) is 8.40. The van der Waals surface area contributed by atoms with Gasteiger partial charge in [0.2, 0.25) is 0 Å². The van der Waals surface area contributed by atoms with Crippen molar-refractivity contribution >= 4 is 10.8 Å². The van der Waals surface area contributed by atoms with E-state index in [9.17, 15) is 0 Å². The van der Waals surface area contributed by atoms with E-state index < -0.39 is 0 Å². The van der Waals surface area contributed by atoms with Crippen molar-refractivity contribution in [1.29, 1.82) is 0 Å². The number of nitrogens with one attached hydrogen (secondary N) is 1. The molecule has 0 fully saturated rings. The Kier molecular flexibility index (Phi) is 4.54. The minimum Gasteiger partial charge on any atom is -0.330 e. The van der Waals surface area contributed by atoms with Gasteiger partial charge in [0.15, 0.2) is 0 Å². The molecule has 0 radical (unpaired) electrons. The van der Waals surface area contributed by atoms with Gasteiger partial charge in [-0.2, -0.15) is 0 Å². The van der Waals surface area contributed by atoms with Crippen molar-refractivity contribution in [3.05, 3.63) is 48.0 Å². The number of fused-ring (bicyclic) bond motifs is 1. The lowest BCUT2D eigenvalue weighted by atomic mass is 10.1. The summed E-state index contributed by atoms with van der Waals surface area (Å²) in [4.78, 5) is 0. The van der Waals surface area contributed by atoms with Gasteiger partial charge >= 0.3 is 0 Å². The molecule has 0 unspecified atom stereocenters. The number of rotatable bonds is 6. The first-order valence-electron chi connectivity index (χ1n) is 6.28. The summed E-state index contributed by atoms with van der Waals surface area (Å²) in [5.41, 5.74) is 6.80. The Labute approximate surface area is 103 Å². The summed E-state index contributed by atoms with van der Waals surface area (Å²) < 4.78 is 0. The Morgan fingerprint density at radius 2 is 1.76 bits per heavy atom. The third-order valence-corrected chi connectivity index (χ3v) is 2.95. The summed E-state index contributed by atoms with van der Waals surface area (Å²) >= 11 is 0. The lowest BCUT2D eigenvalue weighted by molar-refractivity contribution is 0.628. The van der Waals surface area contributed by atoms with E-state index in [1.165, 1.54) is 16.3 Å². The number of hydrogen-bond acceptors (Lipinski definition) is 2. The fourth-order valence-electron chi connectivity index (χ4n) is 1.98. The number of hydrogen-bond donors (Lipinski definition) is 2. The summed E-state index contributed by atoms with van der Waals surface area (Å²) in [6.45, 7) is 2.77. The van der Waals surface area contributed by atoms with Crippen molar-refractivity contribution in [1.82, 2.24) is 5.32 Å². The molecule has 0 atom stereocenters. The molecule has 90 valence electrons. The van der Waals surface area contributed by atoms with Gasteiger partial charge in [-0.15, -0.1) is 0 Å². The predicted octanol–water partition coefficient (Wildman–Crippen LogP) is 2.67. The molecule has 17 heavy (non-hydrogen) atoms. The van der Waals surface area contributed by atoms with Crippen LogP contribution in [-0.2, 0) is 6.54 Å². The maximum atomic E-state index is 5.46. The van der Waals surface area contributed by atoms with E-state index in [0.29, 0.717) is 0 Å². The van der Waals surface area contributed by atoms with Gasteiger partial charge in [-0.05, 0) is 48.3 Å². The van der Waals surface area contributed by atoms with Gasteiger partial charge in [0.1, 0.15) is 0 Å². The van der Waals surface area contributed by atoms with E-state index >= 15 is 0 Å². The summed E-state index contributed by atoms with van der Waals surface area (Å²) in [5, 5.41) is 6.06. The Bertz CT molecular complexity index is 465. The molecule has 0 aliphatic rings. The monoisotopic (exact) mass is 228 g/mol. The zero-order valence-corrected chi connectivity index (χ0v) is 10.2. The number of benzene rings is 2. The topological polar surface area (TPSA) is 38.0 Å². The van der Waals surface area contributed by atoms with Gasteiger partial charge in [-0.3, -0.25) is 0 Å². The Morgan fingerprint density at radius 1 is 0.941 bits per heavy atom. The molecule has 0 heterocycles. The Balaban J connectivity index is 1.90. The molecule has 2 heteroatoms. The van der Waals surface area contributed by atoms with Crippen LogP contribution in [0.25, 0.3) is 10.8 Å². The zero-order chi connectivity index (χ0) is 11.9. The molecule has 0 aliphatic carbocycles. The summed E-state index contributed by atoms with van der Waals surface area (Å²) in [6.07, 6.45) is 2.26. The van der Waals surface area contributed by atoms with Crippen LogP contribution in [0.1, 0.15) is 18.4 Å². The summed E-state index contributed by atoms with van der Waals surface area (Å²) in [6, 6.07) is 15.1. The molecule has 0 aromatic heterocycles. The highest BCUT2D eigenvalue weighted by Crippen LogP contribution is 2.15. The predicted molar refractivity (Wildman–Crippen MR) is 73.9 cm³/mol. The fraction of sp³-hybridized carbons (Fsp3) is 0.333. The molecule has 3 N–H and O–H groups in total. The molecule has 0 saturated carbocycles. The Hall–Kier alpha value is -1.38. The smallest absolute Gasteiger partial charge is 0.0205 e. The molecular weight excluding hydrogens is 208 g/mol. The molecular formula is C15H20N2. The van der Waals surface area contributed by atoms with Crippen molar-refractivity contribution in [2.24, 2.45) is 5.73 Å². The minimum atomic E-state index is 0.789. The molecule has 0 bridgehead atoms. The van der Waals surface area contributed by atoms with Crippen molar-refractivity contribution in [3.63, 3.8) is 0 Å². The van der Waals surface area contributed by atoms with Gasteiger partial charge in [-0.25, -0.2) is 0 Å². The van der Waals surface area contributed by atoms with Crippen LogP contribution in [0.3, 0.4) is 0 Å². The van der Waals surface area contributed by atoms with Crippen LogP contribution in [0.4, 0.5) is 0 Å². The first kappa shape index (κ1) is 12.1. The normalized spacial score (nSPS) is 10.9. The SMILES string of the molecule is NCCCCNCc1ccc2ccccc2c1. The van der Waals surface area contributed by atoms with E-state index in [1.807, 2.05) is 0 Å². The van der Waals surface area contributed by atoms with Crippen LogP contribution in [0, 0.1) is 0 Å². The van der Waals surface area contributed by atoms with E-state index in [4.69, 9.17) is 5.73 Å². The standard InChI is InChI=1S/C15H20N2/c16-9-3-4-10-17-12-13-7-8-14-5-1-2-6-15(14)11-13/h1-2,5-8,11,17H,3-4,9-10,12,16H2. The highest BCUT2D eigenvalue weighted by molar-refractivity contribution is 5.82. The van der Waals surface area contributed by atoms with Crippen molar-refractivity contribution < 1.29 is 0 Å². The van der Waals surface area contributed by atoms with E-state index in [2.05, 4.69) is 47.8 Å². The number of nitrogens with two attached hydrogens (primary N) is 1. The van der Waals surface area contributed by atoms with Crippen LogP contribution in [-0.4, -0.2) is 13.1 Å². The largest absolute Gasteiger partial charge is 0.330 e. The molecule has 2 aromatic carbocycles. The third kappa shape index (κ3) is 3.55. The zero-order valence-electron chi connectivity index (χ0n) is 10.2.